The van der Waals surface area contributed by atoms with Crippen LogP contribution < -0.4 is 0 Å². The van der Waals surface area contributed by atoms with E-state index in [0.29, 0.717) is 32.1 Å². The minimum absolute atomic E-state index is 0.00519. The number of allylic oxidation sites excluding steroid dienone is 11. The largest absolute Gasteiger partial charge is 0.472 e. The van der Waals surface area contributed by atoms with Crippen molar-refractivity contribution < 1.29 is 76.6 Å². The Morgan fingerprint density at radius 2 is 1.30 bits per heavy atom. The maximum atomic E-state index is 12.7. The number of unbranched alkanes of at least 4 members (excludes halogenated alkanes) is 7. The summed E-state index contributed by atoms with van der Waals surface area (Å²) in [7, 11) is -9.79. The molecule has 1 rings (SSSR count). The fourth-order valence-electron chi connectivity index (χ4n) is 6.44. The van der Waals surface area contributed by atoms with Gasteiger partial charge in [0.05, 0.1) is 32.0 Å². The fourth-order valence-corrected chi connectivity index (χ4v) is 7.59. The summed E-state index contributed by atoms with van der Waals surface area (Å²) in [5.41, 5.74) is 0. The highest BCUT2D eigenvalue weighted by Crippen LogP contribution is 2.44. The van der Waals surface area contributed by atoms with Crippen molar-refractivity contribution in [3.63, 3.8) is 0 Å². The first-order valence-corrected chi connectivity index (χ1v) is 25.8. The number of Topliss-reactive ketones (excluding diaryl/α,β-unsaturated/α-hetero) is 1. The number of aliphatic hydroxyl groups excluding tert-OH is 3. The Balaban J connectivity index is 2.58. The maximum absolute atomic E-state index is 12.7. The Kier molecular flexibility index (Phi) is 33.6. The summed E-state index contributed by atoms with van der Waals surface area (Å²) in [5, 5.41) is 30.5. The van der Waals surface area contributed by atoms with Gasteiger partial charge in [-0.05, 0) is 70.6 Å². The van der Waals surface area contributed by atoms with Crippen LogP contribution in [0.4, 0.5) is 0 Å². The zero-order valence-electron chi connectivity index (χ0n) is 37.8. The molecule has 0 radical (unpaired) electrons. The van der Waals surface area contributed by atoms with Gasteiger partial charge in [0.2, 0.25) is 0 Å². The molecule has 1 unspecified atom stereocenters. The summed E-state index contributed by atoms with van der Waals surface area (Å²) in [5.74, 6) is -2.13. The number of rotatable bonds is 38. The number of carbonyl (C=O) groups excluding carboxylic acids is 3. The molecular formula is C46H76O16P2. The monoisotopic (exact) mass is 946 g/mol. The zero-order valence-corrected chi connectivity index (χ0v) is 39.6. The molecule has 6 N–H and O–H groups in total. The normalized spacial score (nSPS) is 19.8. The quantitative estimate of drug-likeness (QED) is 0.0147. The van der Waals surface area contributed by atoms with E-state index in [1.165, 1.54) is 0 Å². The Labute approximate surface area is 380 Å². The third-order valence-corrected chi connectivity index (χ3v) is 11.4. The van der Waals surface area contributed by atoms with Gasteiger partial charge >= 0.3 is 27.6 Å². The van der Waals surface area contributed by atoms with Crippen LogP contribution in [0.2, 0.25) is 0 Å². The molecule has 0 aliphatic heterocycles. The molecule has 0 aromatic rings. The van der Waals surface area contributed by atoms with Crippen LogP contribution in [0.1, 0.15) is 136 Å². The van der Waals surface area contributed by atoms with Gasteiger partial charge < -0.3 is 39.5 Å². The van der Waals surface area contributed by atoms with E-state index in [9.17, 15) is 43.7 Å². The maximum Gasteiger partial charge on any atom is 0.472 e. The van der Waals surface area contributed by atoms with Crippen LogP contribution in [0.15, 0.2) is 72.9 Å². The Bertz CT molecular complexity index is 1570. The molecule has 0 heterocycles. The average molecular weight is 947 g/mol. The summed E-state index contributed by atoms with van der Waals surface area (Å²) < 4.78 is 47.8. The second kappa shape index (κ2) is 36.3. The summed E-state index contributed by atoms with van der Waals surface area (Å²) >= 11 is 0. The smallest absolute Gasteiger partial charge is 0.462 e. The molecule has 0 aromatic heterocycles. The van der Waals surface area contributed by atoms with Crippen LogP contribution in [0, 0.1) is 11.8 Å². The summed E-state index contributed by atoms with van der Waals surface area (Å²) in [6.07, 6.45) is 32.6. The topological polar surface area (TPSA) is 253 Å². The van der Waals surface area contributed by atoms with E-state index in [4.69, 9.17) is 23.8 Å². The van der Waals surface area contributed by atoms with Gasteiger partial charge in [-0.2, -0.15) is 0 Å². The predicted octanol–water partition coefficient (Wildman–Crippen LogP) is 8.37. The molecule has 18 heteroatoms. The van der Waals surface area contributed by atoms with Gasteiger partial charge in [0.15, 0.2) is 6.10 Å². The number of phosphoric acid groups is 2. The number of aliphatic hydroxyl groups is 3. The predicted molar refractivity (Wildman–Crippen MR) is 244 cm³/mol. The first kappa shape index (κ1) is 59.2. The second-order valence-electron chi connectivity index (χ2n) is 15.7. The van der Waals surface area contributed by atoms with Gasteiger partial charge in [0, 0.05) is 31.1 Å². The second-order valence-corrected chi connectivity index (χ2v) is 18.4. The van der Waals surface area contributed by atoms with Gasteiger partial charge in [-0.1, -0.05) is 119 Å². The molecule has 16 nitrogen and oxygen atoms in total. The van der Waals surface area contributed by atoms with Crippen molar-refractivity contribution in [1.29, 1.82) is 0 Å². The van der Waals surface area contributed by atoms with E-state index in [1.807, 2.05) is 12.2 Å². The molecule has 0 saturated heterocycles. The Morgan fingerprint density at radius 3 is 1.97 bits per heavy atom. The Hall–Kier alpha value is -2.85. The van der Waals surface area contributed by atoms with Gasteiger partial charge in [-0.25, -0.2) is 9.13 Å². The zero-order chi connectivity index (χ0) is 47.5. The summed E-state index contributed by atoms with van der Waals surface area (Å²) in [4.78, 5) is 65.5. The molecule has 0 bridgehead atoms. The third kappa shape index (κ3) is 32.7. The van der Waals surface area contributed by atoms with Crippen LogP contribution in [-0.4, -0.2) is 98.6 Å². The van der Waals surface area contributed by atoms with E-state index < -0.39 is 84.3 Å². The number of hydrogen-bond acceptors (Lipinski definition) is 13. The molecule has 0 amide bonds. The fraction of sp³-hybridized carbons (Fsp3) is 0.674. The van der Waals surface area contributed by atoms with Crippen molar-refractivity contribution in [3.05, 3.63) is 72.9 Å². The molecule has 1 aliphatic rings. The van der Waals surface area contributed by atoms with Crippen molar-refractivity contribution in [2.45, 2.75) is 160 Å². The minimum Gasteiger partial charge on any atom is -0.462 e. The van der Waals surface area contributed by atoms with E-state index in [0.717, 1.165) is 70.6 Å². The van der Waals surface area contributed by atoms with Crippen LogP contribution in [-0.2, 0) is 46.6 Å². The first-order valence-electron chi connectivity index (χ1n) is 22.7. The molecule has 1 fully saturated rings. The van der Waals surface area contributed by atoms with Gasteiger partial charge in [-0.3, -0.25) is 28.0 Å². The average Bonchev–Trinajstić information content (AvgIpc) is 3.51. The number of ketones is 1. The van der Waals surface area contributed by atoms with Gasteiger partial charge in [0.1, 0.15) is 18.5 Å². The van der Waals surface area contributed by atoms with E-state index >= 15 is 0 Å². The molecule has 7 atom stereocenters. The lowest BCUT2D eigenvalue weighted by atomic mass is 9.90. The molecular weight excluding hydrogens is 870 g/mol. The summed E-state index contributed by atoms with van der Waals surface area (Å²) in [6, 6.07) is 0. The number of ether oxygens (including phenoxy) is 2. The molecule has 64 heavy (non-hydrogen) atoms. The lowest BCUT2D eigenvalue weighted by Gasteiger charge is -2.20. The van der Waals surface area contributed by atoms with Crippen molar-refractivity contribution in [3.8, 4) is 0 Å². The molecule has 0 spiro atoms. The summed E-state index contributed by atoms with van der Waals surface area (Å²) in [6.45, 7) is 1.20. The van der Waals surface area contributed by atoms with Crippen molar-refractivity contribution in [2.24, 2.45) is 11.8 Å². The van der Waals surface area contributed by atoms with Crippen molar-refractivity contribution >= 4 is 33.4 Å². The number of carbonyl (C=O) groups is 3. The van der Waals surface area contributed by atoms with Crippen molar-refractivity contribution in [2.75, 3.05) is 26.4 Å². The highest BCUT2D eigenvalue weighted by atomic mass is 31.2. The molecule has 1 saturated carbocycles. The number of phosphoric ester groups is 2. The SMILES string of the molecule is CC/C=C\C/C=C\C/C=C\C/C=C\CCCCCCC(=O)O[C@H](COC(=O)CCC/C=C\C[C@H]1[C@@H](O)CC(=O)[C@@H]1/C=C/[C@@H](O)CCCCC)COP(=O)(O)OC[C@@H](O)COP(=O)(O)O. The molecule has 366 valence electrons. The van der Waals surface area contributed by atoms with Crippen LogP contribution in [0.5, 0.6) is 0 Å². The number of esters is 2. The van der Waals surface area contributed by atoms with Gasteiger partial charge in [0.25, 0.3) is 0 Å². The van der Waals surface area contributed by atoms with E-state index in [2.05, 4.69) is 71.5 Å². The van der Waals surface area contributed by atoms with E-state index in [-0.39, 0.29) is 31.0 Å². The minimum atomic E-state index is -4.90. The van der Waals surface area contributed by atoms with Gasteiger partial charge in [-0.15, -0.1) is 0 Å². The lowest BCUT2D eigenvalue weighted by molar-refractivity contribution is -0.161. The number of hydrogen-bond donors (Lipinski definition) is 6. The van der Waals surface area contributed by atoms with Crippen LogP contribution in [0.3, 0.4) is 0 Å². The first-order chi connectivity index (χ1) is 30.6. The lowest BCUT2D eigenvalue weighted by Crippen LogP contribution is -2.30. The highest BCUT2D eigenvalue weighted by molar-refractivity contribution is 7.47. The van der Waals surface area contributed by atoms with E-state index in [1.54, 1.807) is 12.2 Å². The van der Waals surface area contributed by atoms with Crippen LogP contribution >= 0.6 is 15.6 Å². The molecule has 1 aliphatic carbocycles. The van der Waals surface area contributed by atoms with Crippen LogP contribution in [0.25, 0.3) is 0 Å². The standard InChI is InChI=1S/C46H76O16P2/c1-3-5-7-8-9-10-11-12-13-14-15-16-17-18-19-20-26-30-46(52)62-40(37-61-64(56,57)60-35-39(48)34-59-63(53,54)55)36-58-45(51)29-25-22-21-24-28-41-42(44(50)33-43(41)49)32-31-38(47)27-23-6-4-2/h5,7,9-10,12-13,15-16,21,24,31-32,38-43,47-49H,3-4,6,8,11,14,17-20,22-23,25-30,33-37H2,1-2H3,(H,56,57)(H2,53,54,55)/b7-5-,10-9-,13-12-,16-15-,24-21-,32-31+/t38-,39-,40+,41+,42+,43-/m0/s1. The van der Waals surface area contributed by atoms with Crippen molar-refractivity contribution in [1.82, 2.24) is 0 Å². The molecule has 0 aromatic carbocycles. The Morgan fingerprint density at radius 1 is 0.703 bits per heavy atom. The third-order valence-electron chi connectivity index (χ3n) is 9.95. The highest BCUT2D eigenvalue weighted by Gasteiger charge is 2.39.